The molecule has 1 aliphatic rings. The SMILES string of the molecule is Oc1ccc([C@@H]2Nc3ccccc3-c3nnc(SCc4ccc(Cl)cc4)nc3O2)cc1Cl. The molecule has 160 valence electrons. The Kier molecular flexibility index (Phi) is 5.78. The summed E-state index contributed by atoms with van der Waals surface area (Å²) in [5.74, 6) is 1.05. The maximum absolute atomic E-state index is 9.78. The number of para-hydroxylation sites is 1. The van der Waals surface area contributed by atoms with E-state index in [1.807, 2.05) is 48.5 Å². The zero-order valence-corrected chi connectivity index (χ0v) is 18.8. The van der Waals surface area contributed by atoms with Crippen LogP contribution in [0.25, 0.3) is 11.3 Å². The molecule has 32 heavy (non-hydrogen) atoms. The van der Waals surface area contributed by atoms with Crippen molar-refractivity contribution in [1.29, 1.82) is 0 Å². The molecule has 0 unspecified atom stereocenters. The van der Waals surface area contributed by atoms with Crippen molar-refractivity contribution in [1.82, 2.24) is 15.2 Å². The van der Waals surface area contributed by atoms with Crippen molar-refractivity contribution >= 4 is 40.7 Å². The number of phenolic OH excluding ortho intramolecular Hbond substituents is 1. The van der Waals surface area contributed by atoms with Crippen LogP contribution in [0.4, 0.5) is 5.69 Å². The summed E-state index contributed by atoms with van der Waals surface area (Å²) in [5, 5.41) is 23.3. The lowest BCUT2D eigenvalue weighted by Crippen LogP contribution is -2.17. The lowest BCUT2D eigenvalue weighted by molar-refractivity contribution is 0.225. The number of halogens is 2. The summed E-state index contributed by atoms with van der Waals surface area (Å²) >= 11 is 13.5. The molecular formula is C23H16Cl2N4O2S. The number of aromatic nitrogens is 3. The largest absolute Gasteiger partial charge is 0.506 e. The number of thioether (sulfide) groups is 1. The van der Waals surface area contributed by atoms with Gasteiger partial charge in [0.2, 0.25) is 11.0 Å². The molecule has 0 amide bonds. The molecule has 2 N–H and O–H groups in total. The van der Waals surface area contributed by atoms with Gasteiger partial charge in [0.05, 0.1) is 5.02 Å². The third kappa shape index (κ3) is 4.32. The number of ether oxygens (including phenoxy) is 1. The van der Waals surface area contributed by atoms with E-state index in [1.165, 1.54) is 17.8 Å². The number of benzene rings is 3. The fourth-order valence-corrected chi connectivity index (χ4v) is 4.32. The molecule has 0 spiro atoms. The zero-order valence-electron chi connectivity index (χ0n) is 16.5. The first-order valence-electron chi connectivity index (χ1n) is 9.70. The average molecular weight is 483 g/mol. The molecule has 5 rings (SSSR count). The summed E-state index contributed by atoms with van der Waals surface area (Å²) in [6, 6.07) is 20.3. The van der Waals surface area contributed by atoms with E-state index in [0.29, 0.717) is 27.5 Å². The van der Waals surface area contributed by atoms with Crippen LogP contribution in [-0.2, 0) is 5.75 Å². The highest BCUT2D eigenvalue weighted by atomic mass is 35.5. The van der Waals surface area contributed by atoms with E-state index in [-0.39, 0.29) is 10.8 Å². The van der Waals surface area contributed by atoms with Gasteiger partial charge in [0.25, 0.3) is 0 Å². The van der Waals surface area contributed by atoms with Gasteiger partial charge in [-0.3, -0.25) is 0 Å². The van der Waals surface area contributed by atoms with Gasteiger partial charge in [-0.15, -0.1) is 10.2 Å². The van der Waals surface area contributed by atoms with E-state index in [2.05, 4.69) is 20.5 Å². The van der Waals surface area contributed by atoms with Gasteiger partial charge in [0, 0.05) is 27.6 Å². The molecule has 0 saturated carbocycles. The van der Waals surface area contributed by atoms with Crippen molar-refractivity contribution < 1.29 is 9.84 Å². The Bertz CT molecular complexity index is 1290. The van der Waals surface area contributed by atoms with E-state index < -0.39 is 6.23 Å². The number of aromatic hydroxyl groups is 1. The molecule has 4 aromatic rings. The molecule has 1 aliphatic heterocycles. The van der Waals surface area contributed by atoms with Gasteiger partial charge >= 0.3 is 0 Å². The van der Waals surface area contributed by atoms with E-state index >= 15 is 0 Å². The second kappa shape index (κ2) is 8.86. The molecule has 6 nitrogen and oxygen atoms in total. The first-order valence-corrected chi connectivity index (χ1v) is 11.4. The van der Waals surface area contributed by atoms with Gasteiger partial charge in [0.15, 0.2) is 11.9 Å². The van der Waals surface area contributed by atoms with Gasteiger partial charge in [-0.2, -0.15) is 4.98 Å². The minimum Gasteiger partial charge on any atom is -0.506 e. The van der Waals surface area contributed by atoms with Crippen LogP contribution in [0.3, 0.4) is 0 Å². The number of hydrogen-bond acceptors (Lipinski definition) is 7. The lowest BCUT2D eigenvalue weighted by atomic mass is 10.1. The quantitative estimate of drug-likeness (QED) is 0.328. The second-order valence-corrected chi connectivity index (χ2v) is 8.85. The van der Waals surface area contributed by atoms with Crippen molar-refractivity contribution in [2.24, 2.45) is 0 Å². The number of rotatable bonds is 4. The van der Waals surface area contributed by atoms with Crippen LogP contribution in [0.15, 0.2) is 71.9 Å². The number of nitrogens with zero attached hydrogens (tertiary/aromatic N) is 3. The topological polar surface area (TPSA) is 80.2 Å². The lowest BCUT2D eigenvalue weighted by Gasteiger charge is -2.19. The monoisotopic (exact) mass is 482 g/mol. The van der Waals surface area contributed by atoms with Crippen molar-refractivity contribution in [3.63, 3.8) is 0 Å². The molecule has 2 heterocycles. The van der Waals surface area contributed by atoms with Crippen LogP contribution >= 0.6 is 35.0 Å². The number of phenols is 1. The number of nitrogens with one attached hydrogen (secondary N) is 1. The minimum atomic E-state index is -0.582. The minimum absolute atomic E-state index is 0.00900. The number of anilines is 1. The summed E-state index contributed by atoms with van der Waals surface area (Å²) in [7, 11) is 0. The molecular weight excluding hydrogens is 467 g/mol. The molecule has 0 fully saturated rings. The van der Waals surface area contributed by atoms with E-state index in [4.69, 9.17) is 27.9 Å². The van der Waals surface area contributed by atoms with Crippen LogP contribution in [0.2, 0.25) is 10.0 Å². The third-order valence-electron chi connectivity index (χ3n) is 4.89. The highest BCUT2D eigenvalue weighted by molar-refractivity contribution is 7.98. The maximum Gasteiger partial charge on any atom is 0.247 e. The van der Waals surface area contributed by atoms with Crippen molar-refractivity contribution in [3.8, 4) is 22.9 Å². The van der Waals surface area contributed by atoms with Crippen LogP contribution in [-0.4, -0.2) is 20.3 Å². The maximum atomic E-state index is 9.78. The Labute approximate surface area is 198 Å². The Morgan fingerprint density at radius 2 is 1.81 bits per heavy atom. The Morgan fingerprint density at radius 1 is 1.00 bits per heavy atom. The molecule has 1 atom stereocenters. The summed E-state index contributed by atoms with van der Waals surface area (Å²) < 4.78 is 6.23. The molecule has 3 aromatic carbocycles. The fourth-order valence-electron chi connectivity index (χ4n) is 3.27. The predicted molar refractivity (Wildman–Crippen MR) is 126 cm³/mol. The smallest absolute Gasteiger partial charge is 0.247 e. The summed E-state index contributed by atoms with van der Waals surface area (Å²) in [6.45, 7) is 0. The fraction of sp³-hybridized carbons (Fsp3) is 0.0870. The van der Waals surface area contributed by atoms with Gasteiger partial charge in [0.1, 0.15) is 5.75 Å². The molecule has 0 bridgehead atoms. The van der Waals surface area contributed by atoms with Gasteiger partial charge in [-0.1, -0.05) is 65.3 Å². The van der Waals surface area contributed by atoms with Gasteiger partial charge < -0.3 is 15.2 Å². The highest BCUT2D eigenvalue weighted by Gasteiger charge is 2.26. The Balaban J connectivity index is 1.49. The summed E-state index contributed by atoms with van der Waals surface area (Å²) in [4.78, 5) is 4.64. The predicted octanol–water partition coefficient (Wildman–Crippen LogP) is 6.35. The molecule has 0 radical (unpaired) electrons. The second-order valence-electron chi connectivity index (χ2n) is 7.06. The Hall–Kier alpha value is -3.00. The molecule has 9 heteroatoms. The van der Waals surface area contributed by atoms with Crippen molar-refractivity contribution in [3.05, 3.63) is 87.9 Å². The van der Waals surface area contributed by atoms with Crippen LogP contribution in [0.5, 0.6) is 11.6 Å². The number of fused-ring (bicyclic) bond motifs is 3. The van der Waals surface area contributed by atoms with E-state index in [0.717, 1.165) is 22.4 Å². The van der Waals surface area contributed by atoms with Crippen molar-refractivity contribution in [2.45, 2.75) is 17.1 Å². The molecule has 0 aliphatic carbocycles. The van der Waals surface area contributed by atoms with Crippen LogP contribution < -0.4 is 10.1 Å². The summed E-state index contributed by atoms with van der Waals surface area (Å²) in [6.07, 6.45) is -0.582. The first kappa shape index (κ1) is 20.9. The van der Waals surface area contributed by atoms with Gasteiger partial charge in [-0.25, -0.2) is 0 Å². The van der Waals surface area contributed by atoms with Crippen LogP contribution in [0.1, 0.15) is 17.4 Å². The zero-order chi connectivity index (χ0) is 22.1. The van der Waals surface area contributed by atoms with Crippen molar-refractivity contribution in [2.75, 3.05) is 5.32 Å². The normalized spacial score (nSPS) is 14.5. The molecule has 1 aromatic heterocycles. The Morgan fingerprint density at radius 3 is 2.62 bits per heavy atom. The van der Waals surface area contributed by atoms with E-state index in [1.54, 1.807) is 12.1 Å². The average Bonchev–Trinajstić information content (AvgIpc) is 2.97. The van der Waals surface area contributed by atoms with Crippen LogP contribution in [0, 0.1) is 0 Å². The van der Waals surface area contributed by atoms with E-state index in [9.17, 15) is 5.11 Å². The third-order valence-corrected chi connectivity index (χ3v) is 6.35. The standard InChI is InChI=1S/C23H16Cl2N4O2S/c24-15-8-5-13(6-9-15)12-32-23-27-22-20(28-29-23)16-3-1-2-4-18(16)26-21(31-22)14-7-10-19(30)17(25)11-14/h1-11,21,26,30H,12H2/t21-/m1/s1. The first-order chi connectivity index (χ1) is 15.6. The number of hydrogen-bond donors (Lipinski definition) is 2. The summed E-state index contributed by atoms with van der Waals surface area (Å²) in [5.41, 5.74) is 4.06. The highest BCUT2D eigenvalue weighted by Crippen LogP contribution is 2.40. The van der Waals surface area contributed by atoms with Gasteiger partial charge in [-0.05, 0) is 42.0 Å². The molecule has 0 saturated heterocycles.